The Balaban J connectivity index is 1.47. The summed E-state index contributed by atoms with van der Waals surface area (Å²) in [4.78, 5) is 28.7. The molecule has 0 spiro atoms. The summed E-state index contributed by atoms with van der Waals surface area (Å²) in [6, 6.07) is 11.4. The molecule has 0 bridgehead atoms. The lowest BCUT2D eigenvalue weighted by atomic mass is 9.96. The summed E-state index contributed by atoms with van der Waals surface area (Å²) in [5, 5.41) is 14.6. The molecule has 1 fully saturated rings. The third-order valence-corrected chi connectivity index (χ3v) is 6.36. The van der Waals surface area contributed by atoms with Crippen LogP contribution in [0.2, 0.25) is 0 Å². The van der Waals surface area contributed by atoms with Gasteiger partial charge in [0, 0.05) is 24.0 Å². The van der Waals surface area contributed by atoms with Crippen molar-refractivity contribution in [1.29, 1.82) is 0 Å². The number of imide groups is 1. The average molecular weight is 451 g/mol. The van der Waals surface area contributed by atoms with Crippen molar-refractivity contribution in [3.63, 3.8) is 0 Å². The van der Waals surface area contributed by atoms with Crippen molar-refractivity contribution in [2.75, 3.05) is 5.75 Å². The number of pyridine rings is 1. The maximum absolute atomic E-state index is 12.4. The highest BCUT2D eigenvalue weighted by molar-refractivity contribution is 7.99. The van der Waals surface area contributed by atoms with Crippen LogP contribution in [0.4, 0.5) is 4.79 Å². The highest BCUT2D eigenvalue weighted by Crippen LogP contribution is 2.29. The van der Waals surface area contributed by atoms with E-state index in [1.54, 1.807) is 12.4 Å². The number of aryl methyl sites for hydroxylation is 1. The van der Waals surface area contributed by atoms with E-state index < -0.39 is 6.03 Å². The zero-order valence-electron chi connectivity index (χ0n) is 18.0. The first kappa shape index (κ1) is 22.0. The van der Waals surface area contributed by atoms with Crippen molar-refractivity contribution in [3.8, 4) is 17.1 Å². The maximum Gasteiger partial charge on any atom is 0.321 e. The van der Waals surface area contributed by atoms with E-state index >= 15 is 0 Å². The molecule has 0 radical (unpaired) electrons. The molecule has 0 saturated heterocycles. The molecular formula is C23H26N6O2S. The van der Waals surface area contributed by atoms with Gasteiger partial charge in [0.1, 0.15) is 0 Å². The molecule has 2 heterocycles. The summed E-state index contributed by atoms with van der Waals surface area (Å²) in [7, 11) is 0. The van der Waals surface area contributed by atoms with Crippen molar-refractivity contribution in [3.05, 3.63) is 54.4 Å². The zero-order valence-corrected chi connectivity index (χ0v) is 18.8. The number of rotatable bonds is 6. The minimum Gasteiger partial charge on any atom is -0.335 e. The third kappa shape index (κ3) is 5.34. The third-order valence-electron chi connectivity index (χ3n) is 5.44. The number of nitrogens with zero attached hydrogens (tertiary/aromatic N) is 4. The summed E-state index contributed by atoms with van der Waals surface area (Å²) in [5.41, 5.74) is 2.80. The number of para-hydroxylation sites is 1. The van der Waals surface area contributed by atoms with Gasteiger partial charge in [-0.3, -0.25) is 19.7 Å². The lowest BCUT2D eigenvalue weighted by Gasteiger charge is -2.22. The number of urea groups is 1. The Morgan fingerprint density at radius 3 is 2.66 bits per heavy atom. The number of hydrogen-bond acceptors (Lipinski definition) is 6. The number of nitrogens with one attached hydrogen (secondary N) is 2. The number of carbonyl (C=O) groups excluding carboxylic acids is 2. The topological polar surface area (TPSA) is 102 Å². The van der Waals surface area contributed by atoms with Gasteiger partial charge in [-0.05, 0) is 43.5 Å². The van der Waals surface area contributed by atoms with Crippen molar-refractivity contribution >= 4 is 23.7 Å². The second-order valence-electron chi connectivity index (χ2n) is 7.82. The Hall–Kier alpha value is -3.20. The van der Waals surface area contributed by atoms with Crippen molar-refractivity contribution in [1.82, 2.24) is 30.4 Å². The Labute approximate surface area is 191 Å². The fraction of sp³-hybridized carbons (Fsp3) is 0.348. The number of aromatic nitrogens is 4. The van der Waals surface area contributed by atoms with E-state index in [1.807, 2.05) is 47.9 Å². The van der Waals surface area contributed by atoms with E-state index in [0.717, 1.165) is 42.5 Å². The van der Waals surface area contributed by atoms with E-state index in [-0.39, 0.29) is 17.7 Å². The van der Waals surface area contributed by atoms with E-state index in [0.29, 0.717) is 11.0 Å². The Kier molecular flexibility index (Phi) is 7.16. The number of hydrogen-bond donors (Lipinski definition) is 2. The number of thioether (sulfide) groups is 1. The standard InChI is InChI=1S/C23H26N6O2S/c1-16-8-5-6-12-19(16)29-21(17-9-7-13-24-14-17)27-28-23(29)32-15-20(30)26-22(31)25-18-10-3-2-4-11-18/h5-9,12-14,18H,2-4,10-11,15H2,1H3,(H2,25,26,30,31). The molecular weight excluding hydrogens is 424 g/mol. The van der Waals surface area contributed by atoms with Crippen LogP contribution in [0.15, 0.2) is 53.9 Å². The highest BCUT2D eigenvalue weighted by Gasteiger charge is 2.20. The predicted octanol–water partition coefficient (Wildman–Crippen LogP) is 3.89. The van der Waals surface area contributed by atoms with Crippen LogP contribution in [0.5, 0.6) is 0 Å². The fourth-order valence-electron chi connectivity index (χ4n) is 3.84. The minimum atomic E-state index is -0.432. The molecule has 2 N–H and O–H groups in total. The monoisotopic (exact) mass is 450 g/mol. The second kappa shape index (κ2) is 10.4. The van der Waals surface area contributed by atoms with Gasteiger partial charge in [0.15, 0.2) is 11.0 Å². The van der Waals surface area contributed by atoms with Crippen molar-refractivity contribution in [2.24, 2.45) is 0 Å². The SMILES string of the molecule is Cc1ccccc1-n1c(SCC(=O)NC(=O)NC2CCCCC2)nnc1-c1cccnc1. The molecule has 4 rings (SSSR count). The molecule has 0 atom stereocenters. The first-order valence-electron chi connectivity index (χ1n) is 10.8. The van der Waals surface area contributed by atoms with Gasteiger partial charge in [-0.2, -0.15) is 0 Å². The van der Waals surface area contributed by atoms with E-state index in [9.17, 15) is 9.59 Å². The van der Waals surface area contributed by atoms with Gasteiger partial charge in [0.2, 0.25) is 5.91 Å². The zero-order chi connectivity index (χ0) is 22.3. The first-order valence-corrected chi connectivity index (χ1v) is 11.8. The first-order chi connectivity index (χ1) is 15.6. The van der Waals surface area contributed by atoms with Crippen LogP contribution in [-0.4, -0.2) is 43.5 Å². The van der Waals surface area contributed by atoms with Crippen LogP contribution in [-0.2, 0) is 4.79 Å². The predicted molar refractivity (Wildman–Crippen MR) is 124 cm³/mol. The Morgan fingerprint density at radius 1 is 1.09 bits per heavy atom. The number of carbonyl (C=O) groups is 2. The van der Waals surface area contributed by atoms with Gasteiger partial charge < -0.3 is 5.32 Å². The molecule has 2 aromatic heterocycles. The van der Waals surface area contributed by atoms with Crippen LogP contribution in [0.1, 0.15) is 37.7 Å². The van der Waals surface area contributed by atoms with E-state index in [2.05, 4.69) is 25.8 Å². The van der Waals surface area contributed by atoms with Gasteiger partial charge >= 0.3 is 6.03 Å². The van der Waals surface area contributed by atoms with Crippen molar-refractivity contribution in [2.45, 2.75) is 50.2 Å². The summed E-state index contributed by atoms with van der Waals surface area (Å²) in [5.74, 6) is 0.325. The molecule has 3 aromatic rings. The van der Waals surface area contributed by atoms with Crippen LogP contribution >= 0.6 is 11.8 Å². The summed E-state index contributed by atoms with van der Waals surface area (Å²) < 4.78 is 1.92. The van der Waals surface area contributed by atoms with Gasteiger partial charge in [-0.25, -0.2) is 4.79 Å². The largest absolute Gasteiger partial charge is 0.335 e. The quantitative estimate of drug-likeness (QED) is 0.553. The molecule has 1 aliphatic rings. The molecule has 0 aliphatic heterocycles. The van der Waals surface area contributed by atoms with Gasteiger partial charge in [-0.1, -0.05) is 49.2 Å². The maximum atomic E-state index is 12.4. The minimum absolute atomic E-state index is 0.0507. The highest BCUT2D eigenvalue weighted by atomic mass is 32.2. The van der Waals surface area contributed by atoms with Crippen molar-refractivity contribution < 1.29 is 9.59 Å². The Bertz CT molecular complexity index is 1080. The van der Waals surface area contributed by atoms with Gasteiger partial charge in [0.05, 0.1) is 11.4 Å². The van der Waals surface area contributed by atoms with Crippen LogP contribution in [0, 0.1) is 6.92 Å². The average Bonchev–Trinajstić information content (AvgIpc) is 3.23. The normalized spacial score (nSPS) is 14.2. The summed E-state index contributed by atoms with van der Waals surface area (Å²) in [6.07, 6.45) is 8.80. The number of amides is 3. The molecule has 1 aliphatic carbocycles. The molecule has 1 aromatic carbocycles. The van der Waals surface area contributed by atoms with E-state index in [4.69, 9.17) is 0 Å². The summed E-state index contributed by atoms with van der Waals surface area (Å²) >= 11 is 1.24. The summed E-state index contributed by atoms with van der Waals surface area (Å²) in [6.45, 7) is 2.01. The molecule has 3 amide bonds. The lowest BCUT2D eigenvalue weighted by molar-refractivity contribution is -0.117. The smallest absolute Gasteiger partial charge is 0.321 e. The molecule has 166 valence electrons. The van der Waals surface area contributed by atoms with Crippen LogP contribution < -0.4 is 10.6 Å². The van der Waals surface area contributed by atoms with Crippen LogP contribution in [0.25, 0.3) is 17.1 Å². The molecule has 8 nitrogen and oxygen atoms in total. The van der Waals surface area contributed by atoms with Crippen LogP contribution in [0.3, 0.4) is 0 Å². The molecule has 9 heteroatoms. The van der Waals surface area contributed by atoms with Gasteiger partial charge in [0.25, 0.3) is 0 Å². The lowest BCUT2D eigenvalue weighted by Crippen LogP contribution is -2.45. The molecule has 1 saturated carbocycles. The fourth-order valence-corrected chi connectivity index (χ4v) is 4.58. The van der Waals surface area contributed by atoms with E-state index in [1.165, 1.54) is 18.2 Å². The Morgan fingerprint density at radius 2 is 1.91 bits per heavy atom. The second-order valence-corrected chi connectivity index (χ2v) is 8.76. The van der Waals surface area contributed by atoms with Gasteiger partial charge in [-0.15, -0.1) is 10.2 Å². The molecule has 32 heavy (non-hydrogen) atoms. The molecule has 0 unspecified atom stereocenters. The number of benzene rings is 1.